The minimum atomic E-state index is -4.77. The number of pyridine rings is 1. The molecule has 0 unspecified atom stereocenters. The maximum absolute atomic E-state index is 15.7. The Morgan fingerprint density at radius 3 is 2.50 bits per heavy atom. The van der Waals surface area contributed by atoms with Crippen LogP contribution in [0.3, 0.4) is 0 Å². The summed E-state index contributed by atoms with van der Waals surface area (Å²) in [5.41, 5.74) is 6.31. The predicted molar refractivity (Wildman–Crippen MR) is 151 cm³/mol. The molecule has 0 saturated heterocycles. The van der Waals surface area contributed by atoms with E-state index in [9.17, 15) is 23.2 Å². The molecule has 0 aliphatic rings. The molecule has 0 saturated carbocycles. The standard InChI is InChI=1S/C30H20F5N7O2/c1-14(2)28(43)40-17-5-6-18(19(31)11-17)26-23(24-25(42(26)3)16(12-36)13-39-27(24)37)15-4-7-21(20(32)10-15)44-29-38-9-8-22(41-29)30(33,34)35/h4-11,13H,1H2,2-3H3,(H2,37,39)(H,40,43). The van der Waals surface area contributed by atoms with Gasteiger partial charge < -0.3 is 20.4 Å². The van der Waals surface area contributed by atoms with Crippen molar-refractivity contribution in [3.8, 4) is 40.2 Å². The van der Waals surface area contributed by atoms with Crippen molar-refractivity contribution in [2.75, 3.05) is 11.1 Å². The smallest absolute Gasteiger partial charge is 0.421 e. The zero-order valence-electron chi connectivity index (χ0n) is 22.9. The molecule has 0 fully saturated rings. The molecular weight excluding hydrogens is 585 g/mol. The Kier molecular flexibility index (Phi) is 7.48. The van der Waals surface area contributed by atoms with Gasteiger partial charge in [-0.05, 0) is 48.9 Å². The van der Waals surface area contributed by atoms with Crippen molar-refractivity contribution < 1.29 is 31.5 Å². The molecular formula is C30H20F5N7O2. The predicted octanol–water partition coefficient (Wildman–Crippen LogP) is 6.76. The Morgan fingerprint density at radius 1 is 1.11 bits per heavy atom. The molecule has 3 heterocycles. The first-order chi connectivity index (χ1) is 20.8. The van der Waals surface area contributed by atoms with Crippen LogP contribution in [0.1, 0.15) is 18.2 Å². The van der Waals surface area contributed by atoms with Gasteiger partial charge in [-0.2, -0.15) is 23.4 Å². The summed E-state index contributed by atoms with van der Waals surface area (Å²) in [4.78, 5) is 23.0. The Bertz CT molecular complexity index is 2030. The van der Waals surface area contributed by atoms with E-state index in [1.807, 2.05) is 6.07 Å². The highest BCUT2D eigenvalue weighted by Gasteiger charge is 2.33. The third kappa shape index (κ3) is 5.38. The highest BCUT2D eigenvalue weighted by molar-refractivity contribution is 6.11. The summed E-state index contributed by atoms with van der Waals surface area (Å²) in [5, 5.41) is 12.5. The maximum atomic E-state index is 15.7. The lowest BCUT2D eigenvalue weighted by Crippen LogP contribution is -2.12. The zero-order valence-corrected chi connectivity index (χ0v) is 22.9. The number of hydrogen-bond donors (Lipinski definition) is 2. The highest BCUT2D eigenvalue weighted by Crippen LogP contribution is 2.45. The number of carbonyl (C=O) groups is 1. The Balaban J connectivity index is 1.67. The second-order valence-electron chi connectivity index (χ2n) is 9.57. The summed E-state index contributed by atoms with van der Waals surface area (Å²) in [6, 6.07) is 9.42. The highest BCUT2D eigenvalue weighted by atomic mass is 19.4. The number of nitrogens with zero attached hydrogens (tertiary/aromatic N) is 5. The number of aromatic nitrogens is 4. The number of nitriles is 1. The average molecular weight is 606 g/mol. The van der Waals surface area contributed by atoms with Crippen molar-refractivity contribution in [2.45, 2.75) is 13.1 Å². The number of amides is 1. The molecule has 5 rings (SSSR count). The number of benzene rings is 2. The first-order valence-electron chi connectivity index (χ1n) is 12.6. The van der Waals surface area contributed by atoms with Gasteiger partial charge in [-0.25, -0.2) is 18.7 Å². The zero-order chi connectivity index (χ0) is 31.9. The van der Waals surface area contributed by atoms with E-state index in [1.165, 1.54) is 35.9 Å². The van der Waals surface area contributed by atoms with Crippen molar-refractivity contribution in [1.82, 2.24) is 19.5 Å². The minimum Gasteiger partial charge on any atom is -0.421 e. The van der Waals surface area contributed by atoms with Crippen molar-refractivity contribution in [1.29, 1.82) is 5.26 Å². The maximum Gasteiger partial charge on any atom is 0.433 e. The Morgan fingerprint density at radius 2 is 1.86 bits per heavy atom. The third-order valence-electron chi connectivity index (χ3n) is 6.57. The number of aryl methyl sites for hydroxylation is 1. The second kappa shape index (κ2) is 11.1. The number of rotatable bonds is 6. The van der Waals surface area contributed by atoms with Gasteiger partial charge in [0, 0.05) is 41.8 Å². The lowest BCUT2D eigenvalue weighted by molar-refractivity contribution is -0.141. The van der Waals surface area contributed by atoms with Crippen LogP contribution in [-0.4, -0.2) is 25.4 Å². The van der Waals surface area contributed by atoms with Crippen LogP contribution in [0, 0.1) is 23.0 Å². The summed E-state index contributed by atoms with van der Waals surface area (Å²) in [6.45, 7) is 5.04. The van der Waals surface area contributed by atoms with Crippen molar-refractivity contribution >= 4 is 28.3 Å². The van der Waals surface area contributed by atoms with Gasteiger partial charge in [0.1, 0.15) is 17.7 Å². The van der Waals surface area contributed by atoms with Gasteiger partial charge in [0.15, 0.2) is 17.3 Å². The molecule has 14 heteroatoms. The lowest BCUT2D eigenvalue weighted by Gasteiger charge is -2.13. The fraction of sp³-hybridized carbons (Fsp3) is 0.100. The van der Waals surface area contributed by atoms with Crippen LogP contribution >= 0.6 is 0 Å². The van der Waals surface area contributed by atoms with E-state index in [2.05, 4.69) is 26.8 Å². The number of ether oxygens (including phenoxy) is 1. The molecule has 0 radical (unpaired) electrons. The summed E-state index contributed by atoms with van der Waals surface area (Å²) in [7, 11) is 1.57. The number of fused-ring (bicyclic) bond motifs is 1. The topological polar surface area (TPSA) is 132 Å². The molecule has 0 spiro atoms. The van der Waals surface area contributed by atoms with Gasteiger partial charge in [-0.1, -0.05) is 12.6 Å². The van der Waals surface area contributed by atoms with Crippen LogP contribution in [0.5, 0.6) is 11.8 Å². The molecule has 222 valence electrons. The molecule has 3 aromatic heterocycles. The van der Waals surface area contributed by atoms with Crippen molar-refractivity contribution in [3.63, 3.8) is 0 Å². The first-order valence-corrected chi connectivity index (χ1v) is 12.6. The molecule has 1 amide bonds. The molecule has 0 aliphatic heterocycles. The van der Waals surface area contributed by atoms with E-state index in [-0.39, 0.29) is 50.4 Å². The van der Waals surface area contributed by atoms with Crippen LogP contribution < -0.4 is 15.8 Å². The number of nitrogen functional groups attached to an aromatic ring is 1. The van der Waals surface area contributed by atoms with Crippen LogP contribution in [0.2, 0.25) is 0 Å². The number of hydrogen-bond acceptors (Lipinski definition) is 7. The third-order valence-corrected chi connectivity index (χ3v) is 6.57. The molecule has 2 aromatic carbocycles. The molecule has 44 heavy (non-hydrogen) atoms. The van der Waals surface area contributed by atoms with E-state index < -0.39 is 41.2 Å². The van der Waals surface area contributed by atoms with Gasteiger partial charge in [-0.15, -0.1) is 0 Å². The SMILES string of the molecule is C=C(C)C(=O)Nc1ccc(-c2c(-c3ccc(Oc4nccc(C(F)(F)F)n4)c(F)c3)c3c(N)ncc(C#N)c3n2C)c(F)c1. The van der Waals surface area contributed by atoms with Gasteiger partial charge >= 0.3 is 12.2 Å². The fourth-order valence-corrected chi connectivity index (χ4v) is 4.59. The van der Waals surface area contributed by atoms with Crippen LogP contribution in [0.25, 0.3) is 33.3 Å². The first kappa shape index (κ1) is 29.6. The summed E-state index contributed by atoms with van der Waals surface area (Å²) < 4.78 is 77.0. The number of halogens is 5. The number of carbonyl (C=O) groups excluding carboxylic acids is 1. The number of anilines is 2. The second-order valence-corrected chi connectivity index (χ2v) is 9.57. The number of alkyl halides is 3. The summed E-state index contributed by atoms with van der Waals surface area (Å²) in [5.74, 6) is -2.79. The normalized spacial score (nSPS) is 11.3. The van der Waals surface area contributed by atoms with E-state index >= 15 is 8.78 Å². The molecule has 0 bridgehead atoms. The van der Waals surface area contributed by atoms with E-state index in [0.717, 1.165) is 24.4 Å². The number of nitrogens with two attached hydrogens (primary N) is 1. The van der Waals surface area contributed by atoms with E-state index in [4.69, 9.17) is 10.5 Å². The Hall–Kier alpha value is -5.84. The summed E-state index contributed by atoms with van der Waals surface area (Å²) >= 11 is 0. The lowest BCUT2D eigenvalue weighted by atomic mass is 9.97. The fourth-order valence-electron chi connectivity index (χ4n) is 4.59. The van der Waals surface area contributed by atoms with Crippen LogP contribution in [-0.2, 0) is 18.0 Å². The van der Waals surface area contributed by atoms with Crippen molar-refractivity contribution in [2.24, 2.45) is 7.05 Å². The van der Waals surface area contributed by atoms with Crippen LogP contribution in [0.15, 0.2) is 67.0 Å². The van der Waals surface area contributed by atoms with E-state index in [1.54, 1.807) is 7.05 Å². The minimum absolute atomic E-state index is 0.0217. The van der Waals surface area contributed by atoms with Gasteiger partial charge in [0.2, 0.25) is 0 Å². The van der Waals surface area contributed by atoms with Gasteiger partial charge in [0.25, 0.3) is 5.91 Å². The average Bonchev–Trinajstić information content (AvgIpc) is 3.27. The van der Waals surface area contributed by atoms with Gasteiger partial charge in [0.05, 0.1) is 22.2 Å². The molecule has 3 N–H and O–H groups in total. The van der Waals surface area contributed by atoms with E-state index in [0.29, 0.717) is 11.6 Å². The molecule has 5 aromatic rings. The van der Waals surface area contributed by atoms with Crippen LogP contribution in [0.4, 0.5) is 33.5 Å². The number of nitrogens with one attached hydrogen (secondary N) is 1. The van der Waals surface area contributed by atoms with Crippen molar-refractivity contribution in [3.05, 3.63) is 89.9 Å². The quantitative estimate of drug-likeness (QED) is 0.162. The monoisotopic (exact) mass is 605 g/mol. The largest absolute Gasteiger partial charge is 0.433 e. The molecule has 9 nitrogen and oxygen atoms in total. The molecule has 0 atom stereocenters. The van der Waals surface area contributed by atoms with Gasteiger partial charge in [-0.3, -0.25) is 4.79 Å². The molecule has 0 aliphatic carbocycles. The Labute approximate surface area is 246 Å². The summed E-state index contributed by atoms with van der Waals surface area (Å²) in [6.07, 6.45) is -2.69.